The summed E-state index contributed by atoms with van der Waals surface area (Å²) in [5.41, 5.74) is 5.71. The monoisotopic (exact) mass is 262 g/mol. The van der Waals surface area contributed by atoms with Crippen molar-refractivity contribution in [3.05, 3.63) is 0 Å². The molecule has 1 aliphatic heterocycles. The van der Waals surface area contributed by atoms with Crippen LogP contribution in [0.15, 0.2) is 0 Å². The second kappa shape index (κ2) is 6.23. The van der Waals surface area contributed by atoms with Crippen molar-refractivity contribution >= 4 is 23.6 Å². The van der Waals surface area contributed by atoms with E-state index in [1.54, 1.807) is 11.8 Å². The van der Waals surface area contributed by atoms with E-state index in [4.69, 9.17) is 10.8 Å². The third-order valence-electron chi connectivity index (χ3n) is 2.80. The number of nitrogens with zero attached hydrogens (tertiary/aromatic N) is 1. The summed E-state index contributed by atoms with van der Waals surface area (Å²) < 4.78 is 0. The fourth-order valence-corrected chi connectivity index (χ4v) is 2.36. The van der Waals surface area contributed by atoms with E-state index in [1.807, 2.05) is 6.26 Å². The van der Waals surface area contributed by atoms with Crippen LogP contribution in [0.4, 0.5) is 0 Å². The molecular formula is C10H18N2O4S. The molecular weight excluding hydrogens is 244 g/mol. The number of nitrogens with two attached hydrogens (primary N) is 1. The molecule has 0 radical (unpaired) electrons. The zero-order valence-corrected chi connectivity index (χ0v) is 10.5. The number of aliphatic carboxylic acids is 1. The van der Waals surface area contributed by atoms with Gasteiger partial charge in [0.25, 0.3) is 0 Å². The summed E-state index contributed by atoms with van der Waals surface area (Å²) in [6.07, 6.45) is 1.74. The number of rotatable bonds is 5. The molecule has 0 spiro atoms. The van der Waals surface area contributed by atoms with Crippen LogP contribution in [0.25, 0.3) is 0 Å². The molecule has 98 valence electrons. The van der Waals surface area contributed by atoms with Crippen molar-refractivity contribution in [3.8, 4) is 0 Å². The zero-order valence-electron chi connectivity index (χ0n) is 9.70. The van der Waals surface area contributed by atoms with Crippen molar-refractivity contribution in [3.63, 3.8) is 0 Å². The van der Waals surface area contributed by atoms with Gasteiger partial charge in [0.1, 0.15) is 6.04 Å². The number of likely N-dealkylation sites (tertiary alicyclic amines) is 1. The van der Waals surface area contributed by atoms with Gasteiger partial charge in [0.05, 0.1) is 12.1 Å². The number of hydrogen-bond donors (Lipinski definition) is 3. The summed E-state index contributed by atoms with van der Waals surface area (Å²) in [4.78, 5) is 24.1. The molecule has 0 aromatic heterocycles. The Hall–Kier alpha value is -0.790. The molecule has 0 bridgehead atoms. The van der Waals surface area contributed by atoms with E-state index in [0.717, 1.165) is 5.75 Å². The topological polar surface area (TPSA) is 104 Å². The molecule has 0 aliphatic carbocycles. The van der Waals surface area contributed by atoms with Crippen molar-refractivity contribution < 1.29 is 19.8 Å². The maximum absolute atomic E-state index is 11.9. The molecule has 2 unspecified atom stereocenters. The number of aliphatic hydroxyl groups is 1. The van der Waals surface area contributed by atoms with E-state index in [1.165, 1.54) is 4.90 Å². The van der Waals surface area contributed by atoms with Crippen LogP contribution in [0.2, 0.25) is 0 Å². The molecule has 4 N–H and O–H groups in total. The number of β-amino-alcohol motifs (C(OH)–C–C–N with tert-alkyl or cyclic N) is 1. The standard InChI is InChI=1S/C10H18N2O4S/c1-17-3-2-7(11)9(14)12-5-6(13)4-8(12)10(15)16/h6-8,13H,2-5,11H2,1H3,(H,15,16)/t6?,7-,8?/m1/s1. The van der Waals surface area contributed by atoms with E-state index in [2.05, 4.69) is 0 Å². The molecule has 1 heterocycles. The van der Waals surface area contributed by atoms with Crippen LogP contribution in [-0.4, -0.2) is 63.7 Å². The number of carboxylic acids is 1. The second-order valence-corrected chi connectivity index (χ2v) is 5.11. The fourth-order valence-electron chi connectivity index (χ4n) is 1.87. The fraction of sp³-hybridized carbons (Fsp3) is 0.800. The van der Waals surface area contributed by atoms with E-state index in [9.17, 15) is 14.7 Å². The molecule has 3 atom stereocenters. The van der Waals surface area contributed by atoms with Gasteiger partial charge in [-0.05, 0) is 18.4 Å². The normalized spacial score (nSPS) is 25.9. The molecule has 1 rings (SSSR count). The average molecular weight is 262 g/mol. The van der Waals surface area contributed by atoms with E-state index < -0.39 is 24.2 Å². The summed E-state index contributed by atoms with van der Waals surface area (Å²) >= 11 is 1.58. The molecule has 7 heteroatoms. The highest BCUT2D eigenvalue weighted by Gasteiger charge is 2.40. The highest BCUT2D eigenvalue weighted by atomic mass is 32.2. The highest BCUT2D eigenvalue weighted by Crippen LogP contribution is 2.19. The summed E-state index contributed by atoms with van der Waals surface area (Å²) in [7, 11) is 0. The Labute approximate surface area is 104 Å². The van der Waals surface area contributed by atoms with Gasteiger partial charge < -0.3 is 20.8 Å². The van der Waals surface area contributed by atoms with Gasteiger partial charge in [-0.2, -0.15) is 11.8 Å². The van der Waals surface area contributed by atoms with Gasteiger partial charge in [0.15, 0.2) is 0 Å². The van der Waals surface area contributed by atoms with Crippen LogP contribution < -0.4 is 5.73 Å². The number of aliphatic hydroxyl groups excluding tert-OH is 1. The summed E-state index contributed by atoms with van der Waals surface area (Å²) in [6, 6.07) is -1.63. The van der Waals surface area contributed by atoms with Gasteiger partial charge in [0, 0.05) is 13.0 Å². The van der Waals surface area contributed by atoms with Gasteiger partial charge in [0.2, 0.25) is 5.91 Å². The Balaban J connectivity index is 2.63. The number of amides is 1. The number of hydrogen-bond acceptors (Lipinski definition) is 5. The van der Waals surface area contributed by atoms with Gasteiger partial charge in [-0.25, -0.2) is 4.79 Å². The first-order chi connectivity index (χ1) is 7.97. The summed E-state index contributed by atoms with van der Waals surface area (Å²) in [6.45, 7) is 0.0583. The Morgan fingerprint density at radius 2 is 2.24 bits per heavy atom. The van der Waals surface area contributed by atoms with Crippen LogP contribution in [0.1, 0.15) is 12.8 Å². The summed E-state index contributed by atoms with van der Waals surface area (Å²) in [5, 5.41) is 18.4. The Morgan fingerprint density at radius 3 is 2.76 bits per heavy atom. The Kier molecular flexibility index (Phi) is 5.23. The molecule has 17 heavy (non-hydrogen) atoms. The van der Waals surface area contributed by atoms with Crippen molar-refractivity contribution in [1.29, 1.82) is 0 Å². The van der Waals surface area contributed by atoms with Gasteiger partial charge in [-0.15, -0.1) is 0 Å². The van der Waals surface area contributed by atoms with Gasteiger partial charge >= 0.3 is 5.97 Å². The molecule has 0 saturated carbocycles. The lowest BCUT2D eigenvalue weighted by molar-refractivity contribution is -0.148. The zero-order chi connectivity index (χ0) is 13.0. The second-order valence-electron chi connectivity index (χ2n) is 4.12. The first-order valence-electron chi connectivity index (χ1n) is 5.43. The minimum Gasteiger partial charge on any atom is -0.480 e. The number of carboxylic acid groups (broad SMARTS) is 1. The largest absolute Gasteiger partial charge is 0.480 e. The van der Waals surface area contributed by atoms with Crippen molar-refractivity contribution in [1.82, 2.24) is 4.90 Å². The quantitative estimate of drug-likeness (QED) is 0.594. The third kappa shape index (κ3) is 3.58. The van der Waals surface area contributed by atoms with Crippen LogP contribution in [0, 0.1) is 0 Å². The highest BCUT2D eigenvalue weighted by molar-refractivity contribution is 7.98. The molecule has 1 amide bonds. The van der Waals surface area contributed by atoms with E-state index >= 15 is 0 Å². The van der Waals surface area contributed by atoms with Crippen molar-refractivity contribution in [2.45, 2.75) is 31.0 Å². The van der Waals surface area contributed by atoms with Gasteiger partial charge in [-0.1, -0.05) is 0 Å². The Morgan fingerprint density at radius 1 is 1.59 bits per heavy atom. The maximum atomic E-state index is 11.9. The third-order valence-corrected chi connectivity index (χ3v) is 3.44. The molecule has 6 nitrogen and oxygen atoms in total. The van der Waals surface area contributed by atoms with Crippen molar-refractivity contribution in [2.75, 3.05) is 18.6 Å². The number of carbonyl (C=O) groups excluding carboxylic acids is 1. The lowest BCUT2D eigenvalue weighted by Crippen LogP contribution is -2.48. The molecule has 1 aliphatic rings. The van der Waals surface area contributed by atoms with E-state index in [0.29, 0.717) is 6.42 Å². The van der Waals surface area contributed by atoms with E-state index in [-0.39, 0.29) is 18.9 Å². The molecule has 0 aromatic carbocycles. The first-order valence-corrected chi connectivity index (χ1v) is 6.82. The molecule has 1 fully saturated rings. The lowest BCUT2D eigenvalue weighted by Gasteiger charge is -2.24. The van der Waals surface area contributed by atoms with Crippen molar-refractivity contribution in [2.24, 2.45) is 5.73 Å². The first kappa shape index (κ1) is 14.3. The van der Waals surface area contributed by atoms with Crippen LogP contribution in [0.5, 0.6) is 0 Å². The Bertz CT molecular complexity index is 300. The lowest BCUT2D eigenvalue weighted by atomic mass is 10.1. The average Bonchev–Trinajstić information content (AvgIpc) is 2.67. The van der Waals surface area contributed by atoms with Crippen LogP contribution in [-0.2, 0) is 9.59 Å². The van der Waals surface area contributed by atoms with Gasteiger partial charge in [-0.3, -0.25) is 4.79 Å². The SMILES string of the molecule is CSCC[C@@H](N)C(=O)N1CC(O)CC1C(=O)O. The minimum atomic E-state index is -1.09. The number of thioether (sulfide) groups is 1. The van der Waals surface area contributed by atoms with Crippen LogP contribution in [0.3, 0.4) is 0 Å². The summed E-state index contributed by atoms with van der Waals surface area (Å²) in [5.74, 6) is -0.726. The maximum Gasteiger partial charge on any atom is 0.326 e. The van der Waals surface area contributed by atoms with Crippen LogP contribution >= 0.6 is 11.8 Å². The minimum absolute atomic E-state index is 0.0583. The predicted molar refractivity (Wildman–Crippen MR) is 64.7 cm³/mol. The predicted octanol–water partition coefficient (Wildman–Crippen LogP) is -0.887. The molecule has 1 saturated heterocycles. The smallest absolute Gasteiger partial charge is 0.326 e. The molecule has 0 aromatic rings. The number of carbonyl (C=O) groups is 2.